The molecule has 1 atom stereocenters. The average Bonchev–Trinajstić information content (AvgIpc) is 1.84. The molecule has 0 aliphatic carbocycles. The second kappa shape index (κ2) is 1.49. The zero-order chi connectivity index (χ0) is 5.33. The molecule has 1 aliphatic heterocycles. The van der Waals surface area contributed by atoms with Crippen molar-refractivity contribution in [1.82, 2.24) is 5.32 Å². The minimum Gasteiger partial charge on any atom is -0.305 e. The first-order valence-corrected chi connectivity index (χ1v) is 4.31. The van der Waals surface area contributed by atoms with Gasteiger partial charge < -0.3 is 5.32 Å². The molecular formula is C4H9NOS. The van der Waals surface area contributed by atoms with Gasteiger partial charge in [0.05, 0.1) is 5.88 Å². The number of hydrogen-bond donors (Lipinski definition) is 1. The van der Waals surface area contributed by atoms with Crippen LogP contribution in [0.4, 0.5) is 0 Å². The molecule has 0 aromatic heterocycles. The van der Waals surface area contributed by atoms with Crippen molar-refractivity contribution in [2.45, 2.75) is 0 Å². The standard InChI is InChI=1S/C4H9NOS/c1-7(6)3-2-5-4-7/h5H,1-4H2. The topological polar surface area (TPSA) is 29.1 Å². The normalized spacial score (nSPS) is 41.7. The summed E-state index contributed by atoms with van der Waals surface area (Å²) < 4.78 is 10.8. The van der Waals surface area contributed by atoms with Gasteiger partial charge in [-0.05, 0) is 15.4 Å². The largest absolute Gasteiger partial charge is 0.305 e. The van der Waals surface area contributed by atoms with Gasteiger partial charge in [-0.2, -0.15) is 0 Å². The lowest BCUT2D eigenvalue weighted by molar-refractivity contribution is 0.684. The van der Waals surface area contributed by atoms with Crippen LogP contribution in [0.2, 0.25) is 0 Å². The van der Waals surface area contributed by atoms with Crippen LogP contribution in [0.3, 0.4) is 0 Å². The molecule has 0 spiro atoms. The molecule has 1 unspecified atom stereocenters. The highest BCUT2D eigenvalue weighted by Gasteiger charge is 2.08. The first-order chi connectivity index (χ1) is 3.21. The van der Waals surface area contributed by atoms with Gasteiger partial charge in [0.2, 0.25) is 0 Å². The summed E-state index contributed by atoms with van der Waals surface area (Å²) >= 11 is 0. The van der Waals surface area contributed by atoms with Crippen LogP contribution in [-0.4, -0.2) is 28.3 Å². The Bertz CT molecular complexity index is 135. The quantitative estimate of drug-likeness (QED) is 0.426. The fraction of sp³-hybridized carbons (Fsp3) is 0.750. The molecule has 1 rings (SSSR count). The van der Waals surface area contributed by atoms with Gasteiger partial charge in [-0.3, -0.25) is 4.21 Å². The summed E-state index contributed by atoms with van der Waals surface area (Å²) in [5.74, 6) is 4.91. The summed E-state index contributed by atoms with van der Waals surface area (Å²) in [6.07, 6.45) is 0. The first-order valence-electron chi connectivity index (χ1n) is 2.24. The molecule has 7 heavy (non-hydrogen) atoms. The maximum Gasteiger partial charge on any atom is 0.0646 e. The molecular weight excluding hydrogens is 110 g/mol. The van der Waals surface area contributed by atoms with Crippen LogP contribution in [0.15, 0.2) is 0 Å². The molecule has 42 valence electrons. The van der Waals surface area contributed by atoms with Crippen molar-refractivity contribution in [3.8, 4) is 0 Å². The van der Waals surface area contributed by atoms with E-state index in [2.05, 4.69) is 11.2 Å². The second-order valence-corrected chi connectivity index (χ2v) is 4.44. The van der Waals surface area contributed by atoms with Gasteiger partial charge in [-0.1, -0.05) is 0 Å². The molecule has 1 fully saturated rings. The van der Waals surface area contributed by atoms with Crippen LogP contribution < -0.4 is 5.32 Å². The maximum absolute atomic E-state index is 10.8. The van der Waals surface area contributed by atoms with Crippen molar-refractivity contribution < 1.29 is 4.21 Å². The molecule has 0 bridgehead atoms. The van der Waals surface area contributed by atoms with E-state index in [0.717, 1.165) is 12.3 Å². The molecule has 0 amide bonds. The smallest absolute Gasteiger partial charge is 0.0646 e. The lowest BCUT2D eigenvalue weighted by Crippen LogP contribution is -2.07. The summed E-state index contributed by atoms with van der Waals surface area (Å²) in [7, 11) is -1.66. The molecule has 1 heterocycles. The Labute approximate surface area is 43.9 Å². The summed E-state index contributed by atoms with van der Waals surface area (Å²) in [5, 5.41) is 2.97. The fourth-order valence-corrected chi connectivity index (χ4v) is 1.77. The molecule has 2 nitrogen and oxygen atoms in total. The zero-order valence-electron chi connectivity index (χ0n) is 4.14. The molecule has 0 saturated carbocycles. The highest BCUT2D eigenvalue weighted by Crippen LogP contribution is 1.91. The third-order valence-corrected chi connectivity index (χ3v) is 2.69. The predicted molar refractivity (Wildman–Crippen MR) is 33.0 cm³/mol. The first kappa shape index (κ1) is 5.12. The van der Waals surface area contributed by atoms with Crippen molar-refractivity contribution in [2.75, 3.05) is 18.2 Å². The van der Waals surface area contributed by atoms with E-state index in [1.165, 1.54) is 0 Å². The minimum atomic E-state index is -1.66. The molecule has 3 heteroatoms. The second-order valence-electron chi connectivity index (χ2n) is 1.81. The Kier molecular flexibility index (Phi) is 1.09. The lowest BCUT2D eigenvalue weighted by Gasteiger charge is -1.88. The highest BCUT2D eigenvalue weighted by atomic mass is 32.2. The lowest BCUT2D eigenvalue weighted by atomic mass is 10.8. The van der Waals surface area contributed by atoms with Crippen molar-refractivity contribution >= 4 is 15.4 Å². The Hall–Kier alpha value is -0.0200. The summed E-state index contributed by atoms with van der Waals surface area (Å²) in [6.45, 7) is 0.877. The highest BCUT2D eigenvalue weighted by molar-refractivity contribution is 8.00. The van der Waals surface area contributed by atoms with Gasteiger partial charge in [0.25, 0.3) is 0 Å². The zero-order valence-corrected chi connectivity index (χ0v) is 4.96. The summed E-state index contributed by atoms with van der Waals surface area (Å²) in [4.78, 5) is 0. The Morgan fingerprint density at radius 3 is 2.57 bits per heavy atom. The van der Waals surface area contributed by atoms with Gasteiger partial charge in [0.1, 0.15) is 0 Å². The Morgan fingerprint density at radius 2 is 2.43 bits per heavy atom. The summed E-state index contributed by atoms with van der Waals surface area (Å²) in [5.41, 5.74) is 0. The van der Waals surface area contributed by atoms with Gasteiger partial charge >= 0.3 is 0 Å². The maximum atomic E-state index is 10.8. The van der Waals surface area contributed by atoms with E-state index in [1.54, 1.807) is 0 Å². The van der Waals surface area contributed by atoms with Gasteiger partial charge in [0.15, 0.2) is 0 Å². The fourth-order valence-electron chi connectivity index (χ4n) is 0.589. The van der Waals surface area contributed by atoms with E-state index in [-0.39, 0.29) is 0 Å². The van der Waals surface area contributed by atoms with E-state index < -0.39 is 9.52 Å². The van der Waals surface area contributed by atoms with E-state index in [1.807, 2.05) is 0 Å². The third-order valence-electron chi connectivity index (χ3n) is 1.02. The van der Waals surface area contributed by atoms with Crippen LogP contribution in [0.5, 0.6) is 0 Å². The van der Waals surface area contributed by atoms with Gasteiger partial charge in [0, 0.05) is 12.3 Å². The molecule has 1 aliphatic rings. The van der Waals surface area contributed by atoms with Crippen LogP contribution in [0.1, 0.15) is 0 Å². The molecule has 0 radical (unpaired) electrons. The van der Waals surface area contributed by atoms with Gasteiger partial charge in [-0.15, -0.1) is 0 Å². The molecule has 1 saturated heterocycles. The van der Waals surface area contributed by atoms with Crippen LogP contribution >= 0.6 is 0 Å². The minimum absolute atomic E-state index is 0.618. The summed E-state index contributed by atoms with van der Waals surface area (Å²) in [6, 6.07) is 0. The van der Waals surface area contributed by atoms with E-state index in [9.17, 15) is 4.21 Å². The van der Waals surface area contributed by atoms with Crippen molar-refractivity contribution in [2.24, 2.45) is 0 Å². The predicted octanol–water partition coefficient (Wildman–Crippen LogP) is -0.737. The Balaban J connectivity index is 2.76. The third kappa shape index (κ3) is 1.17. The van der Waals surface area contributed by atoms with Crippen LogP contribution in [0, 0.1) is 0 Å². The molecule has 0 aromatic carbocycles. The van der Waals surface area contributed by atoms with Crippen molar-refractivity contribution in [3.05, 3.63) is 0 Å². The monoisotopic (exact) mass is 119 g/mol. The molecule has 0 aromatic rings. The number of hydrogen-bond acceptors (Lipinski definition) is 2. The van der Waals surface area contributed by atoms with Crippen molar-refractivity contribution in [1.29, 1.82) is 0 Å². The van der Waals surface area contributed by atoms with E-state index >= 15 is 0 Å². The van der Waals surface area contributed by atoms with E-state index in [4.69, 9.17) is 0 Å². The number of rotatable bonds is 0. The molecule has 1 N–H and O–H groups in total. The average molecular weight is 119 g/mol. The number of nitrogens with one attached hydrogen (secondary N) is 1. The van der Waals surface area contributed by atoms with Crippen LogP contribution in [0.25, 0.3) is 0 Å². The Morgan fingerprint density at radius 1 is 1.71 bits per heavy atom. The van der Waals surface area contributed by atoms with E-state index in [0.29, 0.717) is 5.88 Å². The SMILES string of the molecule is C=S1(=O)CCNC1. The van der Waals surface area contributed by atoms with Gasteiger partial charge in [-0.25, -0.2) is 0 Å². The van der Waals surface area contributed by atoms with Crippen molar-refractivity contribution in [3.63, 3.8) is 0 Å². The van der Waals surface area contributed by atoms with Crippen LogP contribution in [-0.2, 0) is 9.52 Å².